The van der Waals surface area contributed by atoms with Crippen molar-refractivity contribution in [1.29, 1.82) is 0 Å². The van der Waals surface area contributed by atoms with Crippen LogP contribution in [0.4, 0.5) is 0 Å². The highest BCUT2D eigenvalue weighted by Crippen LogP contribution is 2.28. The van der Waals surface area contributed by atoms with E-state index in [0.717, 1.165) is 29.0 Å². The number of aromatic nitrogens is 1. The molecule has 1 heterocycles. The van der Waals surface area contributed by atoms with Crippen LogP contribution in [-0.2, 0) is 11.2 Å². The number of amides is 1. The summed E-state index contributed by atoms with van der Waals surface area (Å²) in [5.41, 5.74) is 3.40. The van der Waals surface area contributed by atoms with E-state index < -0.39 is 0 Å². The van der Waals surface area contributed by atoms with Crippen molar-refractivity contribution in [3.63, 3.8) is 0 Å². The first-order chi connectivity index (χ1) is 13.2. The van der Waals surface area contributed by atoms with Gasteiger partial charge in [-0.1, -0.05) is 6.92 Å². The monoisotopic (exact) mass is 403 g/mol. The molecule has 1 amide bonds. The van der Waals surface area contributed by atoms with Crippen molar-refractivity contribution in [3.05, 3.63) is 44.9 Å². The van der Waals surface area contributed by atoms with Crippen LogP contribution in [0.3, 0.4) is 0 Å². The van der Waals surface area contributed by atoms with Crippen molar-refractivity contribution < 1.29 is 9.90 Å². The molecule has 6 heteroatoms. The smallest absolute Gasteiger partial charge is 0.220 e. The molecule has 0 bridgehead atoms. The van der Waals surface area contributed by atoms with Gasteiger partial charge in [0.05, 0.1) is 5.01 Å². The number of likely N-dealkylation sites (N-methyl/N-ethyl adjacent to an activating group) is 1. The average molecular weight is 404 g/mol. The molecule has 154 valence electrons. The van der Waals surface area contributed by atoms with Crippen LogP contribution in [-0.4, -0.2) is 47.6 Å². The number of thiazole rings is 1. The summed E-state index contributed by atoms with van der Waals surface area (Å²) in [5.74, 6) is 0.617. The normalized spacial score (nSPS) is 13.5. The van der Waals surface area contributed by atoms with Gasteiger partial charge in [0.25, 0.3) is 0 Å². The van der Waals surface area contributed by atoms with Crippen LogP contribution in [0, 0.1) is 20.8 Å². The molecular formula is C22H33N3O2S. The Morgan fingerprint density at radius 3 is 2.39 bits per heavy atom. The fourth-order valence-electron chi connectivity index (χ4n) is 3.51. The van der Waals surface area contributed by atoms with Crippen LogP contribution in [0.2, 0.25) is 0 Å². The molecule has 2 atom stereocenters. The number of benzene rings is 1. The summed E-state index contributed by atoms with van der Waals surface area (Å²) in [6.45, 7) is 8.76. The Balaban J connectivity index is 1.98. The number of hydrogen-bond donors (Lipinski definition) is 2. The molecular weight excluding hydrogens is 370 g/mol. The lowest BCUT2D eigenvalue weighted by molar-refractivity contribution is -0.121. The zero-order chi connectivity index (χ0) is 20.8. The number of rotatable bonds is 9. The fourth-order valence-corrected chi connectivity index (χ4v) is 4.47. The second-order valence-corrected chi connectivity index (χ2v) is 9.04. The maximum atomic E-state index is 12.6. The summed E-state index contributed by atoms with van der Waals surface area (Å²) in [6, 6.07) is 3.80. The molecule has 0 saturated heterocycles. The molecule has 0 aliphatic heterocycles. The second kappa shape index (κ2) is 10.0. The van der Waals surface area contributed by atoms with Crippen LogP contribution in [0.25, 0.3) is 0 Å². The Hall–Kier alpha value is -1.92. The van der Waals surface area contributed by atoms with Gasteiger partial charge in [-0.25, -0.2) is 4.98 Å². The van der Waals surface area contributed by atoms with Gasteiger partial charge in [-0.3, -0.25) is 4.79 Å². The molecule has 1 aromatic carbocycles. The second-order valence-electron chi connectivity index (χ2n) is 7.77. The van der Waals surface area contributed by atoms with Gasteiger partial charge < -0.3 is 15.3 Å². The standard InChI is InChI=1S/C22H33N3O2S/c1-7-17(21-13-23-16(4)28-21)10-22(27)24-12-18(25(5)6)11-20-14(2)8-19(26)9-15(20)3/h8-9,13,17-18,26H,7,10-12H2,1-6H3,(H,24,27)/t17-,18+/m1/s1. The highest BCUT2D eigenvalue weighted by molar-refractivity contribution is 7.11. The predicted octanol–water partition coefficient (Wildman–Crippen LogP) is 3.95. The molecule has 5 nitrogen and oxygen atoms in total. The third-order valence-electron chi connectivity index (χ3n) is 5.35. The Kier molecular flexibility index (Phi) is 8.01. The van der Waals surface area contributed by atoms with Crippen LogP contribution in [0.15, 0.2) is 18.3 Å². The summed E-state index contributed by atoms with van der Waals surface area (Å²) in [6.07, 6.45) is 4.16. The lowest BCUT2D eigenvalue weighted by Gasteiger charge is -2.26. The van der Waals surface area contributed by atoms with E-state index in [1.165, 1.54) is 10.4 Å². The number of phenols is 1. The molecule has 2 rings (SSSR count). The van der Waals surface area contributed by atoms with E-state index in [1.54, 1.807) is 23.5 Å². The minimum Gasteiger partial charge on any atom is -0.508 e. The third-order valence-corrected chi connectivity index (χ3v) is 6.43. The van der Waals surface area contributed by atoms with E-state index in [1.807, 2.05) is 41.1 Å². The zero-order valence-corrected chi connectivity index (χ0v) is 18.7. The lowest BCUT2D eigenvalue weighted by Crippen LogP contribution is -2.42. The lowest BCUT2D eigenvalue weighted by atomic mass is 9.95. The van der Waals surface area contributed by atoms with Gasteiger partial charge in [0.1, 0.15) is 5.75 Å². The van der Waals surface area contributed by atoms with E-state index >= 15 is 0 Å². The van der Waals surface area contributed by atoms with Gasteiger partial charge in [0, 0.05) is 36.0 Å². The van der Waals surface area contributed by atoms with Gasteiger partial charge in [-0.05, 0) is 76.5 Å². The van der Waals surface area contributed by atoms with Crippen molar-refractivity contribution in [2.75, 3.05) is 20.6 Å². The van der Waals surface area contributed by atoms with Crippen LogP contribution < -0.4 is 5.32 Å². The minimum atomic E-state index is 0.0869. The van der Waals surface area contributed by atoms with Crippen LogP contribution >= 0.6 is 11.3 Å². The molecule has 0 aliphatic rings. The fraction of sp³-hybridized carbons (Fsp3) is 0.545. The number of aryl methyl sites for hydroxylation is 3. The van der Waals surface area contributed by atoms with E-state index in [2.05, 4.69) is 22.1 Å². The Morgan fingerprint density at radius 1 is 1.25 bits per heavy atom. The number of hydrogen-bond acceptors (Lipinski definition) is 5. The van der Waals surface area contributed by atoms with Crippen molar-refractivity contribution >= 4 is 17.2 Å². The first-order valence-corrected chi connectivity index (χ1v) is 10.7. The maximum absolute atomic E-state index is 12.6. The number of phenolic OH excluding ortho intramolecular Hbond substituents is 1. The van der Waals surface area contributed by atoms with Gasteiger partial charge in [-0.15, -0.1) is 11.3 Å². The Bertz CT molecular complexity index is 778. The van der Waals surface area contributed by atoms with E-state index in [4.69, 9.17) is 0 Å². The molecule has 0 fully saturated rings. The summed E-state index contributed by atoms with van der Waals surface area (Å²) in [7, 11) is 4.08. The minimum absolute atomic E-state index is 0.0869. The summed E-state index contributed by atoms with van der Waals surface area (Å²) >= 11 is 1.68. The highest BCUT2D eigenvalue weighted by Gasteiger charge is 2.20. The molecule has 0 spiro atoms. The number of nitrogens with zero attached hydrogens (tertiary/aromatic N) is 2. The maximum Gasteiger partial charge on any atom is 0.220 e. The van der Waals surface area contributed by atoms with Gasteiger partial charge >= 0.3 is 0 Å². The molecule has 0 unspecified atom stereocenters. The van der Waals surface area contributed by atoms with Crippen molar-refractivity contribution in [2.45, 2.75) is 58.9 Å². The quantitative estimate of drug-likeness (QED) is 0.665. The number of nitrogens with one attached hydrogen (secondary N) is 1. The molecule has 2 N–H and O–H groups in total. The van der Waals surface area contributed by atoms with E-state index in [-0.39, 0.29) is 17.9 Å². The van der Waals surface area contributed by atoms with Gasteiger partial charge in [0.2, 0.25) is 5.91 Å². The van der Waals surface area contributed by atoms with E-state index in [0.29, 0.717) is 18.7 Å². The summed E-state index contributed by atoms with van der Waals surface area (Å²) in [4.78, 5) is 20.2. The van der Waals surface area contributed by atoms with Gasteiger partial charge in [0.15, 0.2) is 0 Å². The largest absolute Gasteiger partial charge is 0.508 e. The topological polar surface area (TPSA) is 65.5 Å². The molecule has 2 aromatic rings. The average Bonchev–Trinajstić information content (AvgIpc) is 3.04. The number of aromatic hydroxyl groups is 1. The SMILES string of the molecule is CC[C@H](CC(=O)NC[C@H](Cc1c(C)cc(O)cc1C)N(C)C)c1cnc(C)s1. The molecule has 0 radical (unpaired) electrons. The first-order valence-electron chi connectivity index (χ1n) is 9.85. The first kappa shape index (κ1) is 22.4. The van der Waals surface area contributed by atoms with Crippen LogP contribution in [0.1, 0.15) is 52.3 Å². The van der Waals surface area contributed by atoms with Crippen molar-refractivity contribution in [3.8, 4) is 5.75 Å². The highest BCUT2D eigenvalue weighted by atomic mass is 32.1. The molecule has 28 heavy (non-hydrogen) atoms. The molecule has 1 aromatic heterocycles. The summed E-state index contributed by atoms with van der Waals surface area (Å²) in [5, 5.41) is 13.9. The van der Waals surface area contributed by atoms with Crippen LogP contribution in [0.5, 0.6) is 5.75 Å². The Morgan fingerprint density at radius 2 is 1.89 bits per heavy atom. The van der Waals surface area contributed by atoms with Crippen molar-refractivity contribution in [1.82, 2.24) is 15.2 Å². The Labute approximate surface area is 172 Å². The zero-order valence-electron chi connectivity index (χ0n) is 17.9. The third kappa shape index (κ3) is 6.04. The summed E-state index contributed by atoms with van der Waals surface area (Å²) < 4.78 is 0. The number of carbonyl (C=O) groups is 1. The van der Waals surface area contributed by atoms with E-state index in [9.17, 15) is 9.90 Å². The van der Waals surface area contributed by atoms with Gasteiger partial charge in [-0.2, -0.15) is 0 Å². The number of carbonyl (C=O) groups excluding carboxylic acids is 1. The molecule has 0 aliphatic carbocycles. The predicted molar refractivity (Wildman–Crippen MR) is 116 cm³/mol. The van der Waals surface area contributed by atoms with Crippen molar-refractivity contribution in [2.24, 2.45) is 0 Å². The molecule has 0 saturated carbocycles.